The third-order valence-corrected chi connectivity index (χ3v) is 3.12. The SMILES string of the molecule is CCc1cccc(OCC(=O)Nc2cc([N+](=O)[O-])ccc2[O-])c1. The van der Waals surface area contributed by atoms with Crippen LogP contribution in [0.15, 0.2) is 42.5 Å². The molecule has 0 saturated heterocycles. The summed E-state index contributed by atoms with van der Waals surface area (Å²) in [4.78, 5) is 21.9. The van der Waals surface area contributed by atoms with Crippen LogP contribution in [-0.2, 0) is 11.2 Å². The van der Waals surface area contributed by atoms with Gasteiger partial charge in [-0.05, 0) is 24.1 Å². The molecule has 0 spiro atoms. The van der Waals surface area contributed by atoms with Crippen molar-refractivity contribution in [3.05, 3.63) is 58.1 Å². The molecule has 0 heterocycles. The minimum absolute atomic E-state index is 0.143. The minimum Gasteiger partial charge on any atom is -0.871 e. The van der Waals surface area contributed by atoms with Crippen LogP contribution < -0.4 is 15.2 Å². The molecule has 0 radical (unpaired) electrons. The highest BCUT2D eigenvalue weighted by Crippen LogP contribution is 2.25. The third kappa shape index (κ3) is 4.44. The molecule has 0 aliphatic heterocycles. The first-order valence-corrected chi connectivity index (χ1v) is 6.96. The molecule has 7 nitrogen and oxygen atoms in total. The lowest BCUT2D eigenvalue weighted by Crippen LogP contribution is -2.21. The normalized spacial score (nSPS) is 10.1. The van der Waals surface area contributed by atoms with Crippen molar-refractivity contribution in [3.8, 4) is 11.5 Å². The highest BCUT2D eigenvalue weighted by molar-refractivity contribution is 5.93. The highest BCUT2D eigenvalue weighted by Gasteiger charge is 2.10. The zero-order valence-electron chi connectivity index (χ0n) is 12.4. The Morgan fingerprint density at radius 2 is 2.04 bits per heavy atom. The standard InChI is InChI=1S/C16H16N2O5/c1-2-11-4-3-5-13(8-11)23-10-16(20)17-14-9-12(18(21)22)6-7-15(14)19/h3-9,19H,2,10H2,1H3,(H,17,20)/p-1. The fraction of sp³-hybridized carbons (Fsp3) is 0.188. The minimum atomic E-state index is -0.637. The van der Waals surface area contributed by atoms with Crippen molar-refractivity contribution in [3.63, 3.8) is 0 Å². The lowest BCUT2D eigenvalue weighted by Gasteiger charge is -2.14. The number of ether oxygens (including phenoxy) is 1. The van der Waals surface area contributed by atoms with Crippen molar-refractivity contribution in [2.24, 2.45) is 0 Å². The van der Waals surface area contributed by atoms with E-state index in [1.54, 1.807) is 6.07 Å². The number of hydrogen-bond donors (Lipinski definition) is 1. The van der Waals surface area contributed by atoms with Gasteiger partial charge in [0.15, 0.2) is 6.61 Å². The van der Waals surface area contributed by atoms with Crippen molar-refractivity contribution < 1.29 is 19.6 Å². The lowest BCUT2D eigenvalue weighted by molar-refractivity contribution is -0.385. The van der Waals surface area contributed by atoms with E-state index < -0.39 is 16.6 Å². The van der Waals surface area contributed by atoms with Crippen molar-refractivity contribution in [1.82, 2.24) is 0 Å². The van der Waals surface area contributed by atoms with Crippen LogP contribution in [0.1, 0.15) is 12.5 Å². The number of nitro groups is 1. The van der Waals surface area contributed by atoms with Crippen molar-refractivity contribution in [1.29, 1.82) is 0 Å². The van der Waals surface area contributed by atoms with Crippen molar-refractivity contribution in [2.45, 2.75) is 13.3 Å². The predicted octanol–water partition coefficient (Wildman–Crippen LogP) is 2.25. The number of carbonyl (C=O) groups is 1. The molecule has 2 aromatic carbocycles. The van der Waals surface area contributed by atoms with E-state index in [1.807, 2.05) is 25.1 Å². The van der Waals surface area contributed by atoms with Crippen LogP contribution >= 0.6 is 0 Å². The molecular weight excluding hydrogens is 300 g/mol. The molecule has 0 aromatic heterocycles. The van der Waals surface area contributed by atoms with E-state index in [4.69, 9.17) is 4.74 Å². The molecule has 0 aliphatic rings. The number of carbonyl (C=O) groups excluding carboxylic acids is 1. The number of benzene rings is 2. The van der Waals surface area contributed by atoms with Gasteiger partial charge in [-0.1, -0.05) is 30.9 Å². The molecule has 23 heavy (non-hydrogen) atoms. The summed E-state index contributed by atoms with van der Waals surface area (Å²) in [5.74, 6) is -0.526. The number of anilines is 1. The highest BCUT2D eigenvalue weighted by atomic mass is 16.6. The number of nitrogens with zero attached hydrogens (tertiary/aromatic N) is 1. The van der Waals surface area contributed by atoms with Gasteiger partial charge in [-0.2, -0.15) is 0 Å². The molecule has 7 heteroatoms. The van der Waals surface area contributed by atoms with Crippen LogP contribution in [0.2, 0.25) is 0 Å². The summed E-state index contributed by atoms with van der Waals surface area (Å²) in [7, 11) is 0. The fourth-order valence-electron chi connectivity index (χ4n) is 1.92. The largest absolute Gasteiger partial charge is 0.871 e. The first kappa shape index (κ1) is 16.3. The van der Waals surface area contributed by atoms with E-state index in [1.165, 1.54) is 0 Å². The number of aryl methyl sites for hydroxylation is 1. The molecule has 0 bridgehead atoms. The zero-order chi connectivity index (χ0) is 16.8. The van der Waals surface area contributed by atoms with Crippen LogP contribution in [0.3, 0.4) is 0 Å². The number of nitrogens with one attached hydrogen (secondary N) is 1. The Morgan fingerprint density at radius 1 is 1.26 bits per heavy atom. The molecule has 2 aromatic rings. The van der Waals surface area contributed by atoms with E-state index in [9.17, 15) is 20.0 Å². The molecule has 1 amide bonds. The number of non-ortho nitro benzene ring substituents is 1. The molecule has 2 rings (SSSR count). The number of nitro benzene ring substituents is 1. The molecule has 1 N–H and O–H groups in total. The fourth-order valence-corrected chi connectivity index (χ4v) is 1.92. The summed E-state index contributed by atoms with van der Waals surface area (Å²) in [5.41, 5.74) is 0.662. The second-order valence-corrected chi connectivity index (χ2v) is 4.78. The number of amides is 1. The maximum Gasteiger partial charge on any atom is 0.271 e. The van der Waals surface area contributed by atoms with Gasteiger partial charge in [0, 0.05) is 17.8 Å². The molecule has 0 aliphatic carbocycles. The molecule has 120 valence electrons. The average molecular weight is 315 g/mol. The topological polar surface area (TPSA) is 105 Å². The summed E-state index contributed by atoms with van der Waals surface area (Å²) < 4.78 is 5.35. The molecule has 0 atom stereocenters. The number of rotatable bonds is 6. The van der Waals surface area contributed by atoms with Crippen LogP contribution in [0.25, 0.3) is 0 Å². The summed E-state index contributed by atoms with van der Waals surface area (Å²) in [5, 5.41) is 24.6. The van der Waals surface area contributed by atoms with Gasteiger partial charge in [-0.15, -0.1) is 0 Å². The Morgan fingerprint density at radius 3 is 2.74 bits per heavy atom. The smallest absolute Gasteiger partial charge is 0.271 e. The van der Waals surface area contributed by atoms with E-state index >= 15 is 0 Å². The average Bonchev–Trinajstić information content (AvgIpc) is 2.55. The van der Waals surface area contributed by atoms with Gasteiger partial charge in [0.05, 0.1) is 4.92 Å². The molecular formula is C16H15N2O5-. The molecule has 0 fully saturated rings. The van der Waals surface area contributed by atoms with E-state index in [0.717, 1.165) is 30.2 Å². The van der Waals surface area contributed by atoms with E-state index in [2.05, 4.69) is 5.32 Å². The quantitative estimate of drug-likeness (QED) is 0.650. The summed E-state index contributed by atoms with van der Waals surface area (Å²) in [6, 6.07) is 10.5. The lowest BCUT2D eigenvalue weighted by atomic mass is 10.2. The summed E-state index contributed by atoms with van der Waals surface area (Å²) in [6.07, 6.45) is 0.844. The maximum atomic E-state index is 11.8. The van der Waals surface area contributed by atoms with E-state index in [0.29, 0.717) is 5.75 Å². The van der Waals surface area contributed by atoms with Gasteiger partial charge in [0.1, 0.15) is 5.75 Å². The Hall–Kier alpha value is -3.09. The van der Waals surface area contributed by atoms with E-state index in [-0.39, 0.29) is 18.0 Å². The van der Waals surface area contributed by atoms with Crippen molar-refractivity contribution >= 4 is 17.3 Å². The van der Waals surface area contributed by atoms with Gasteiger partial charge in [-0.3, -0.25) is 14.9 Å². The van der Waals surface area contributed by atoms with Crippen LogP contribution in [0, 0.1) is 10.1 Å². The molecule has 0 unspecified atom stereocenters. The first-order valence-electron chi connectivity index (χ1n) is 6.96. The van der Waals surface area contributed by atoms with Gasteiger partial charge < -0.3 is 15.2 Å². The van der Waals surface area contributed by atoms with Crippen LogP contribution in [0.5, 0.6) is 11.5 Å². The second-order valence-electron chi connectivity index (χ2n) is 4.78. The van der Waals surface area contributed by atoms with Crippen molar-refractivity contribution in [2.75, 3.05) is 11.9 Å². The molecule has 0 saturated carbocycles. The third-order valence-electron chi connectivity index (χ3n) is 3.12. The van der Waals surface area contributed by atoms with Crippen LogP contribution in [-0.4, -0.2) is 17.4 Å². The Kier molecular flexibility index (Phi) is 5.14. The zero-order valence-corrected chi connectivity index (χ0v) is 12.4. The van der Waals surface area contributed by atoms with Gasteiger partial charge >= 0.3 is 0 Å². The maximum absolute atomic E-state index is 11.8. The van der Waals surface area contributed by atoms with Gasteiger partial charge in [-0.25, -0.2) is 0 Å². The van der Waals surface area contributed by atoms with Crippen LogP contribution in [0.4, 0.5) is 11.4 Å². The van der Waals surface area contributed by atoms with Gasteiger partial charge in [0.2, 0.25) is 0 Å². The Labute approximate surface area is 132 Å². The summed E-state index contributed by atoms with van der Waals surface area (Å²) >= 11 is 0. The second kappa shape index (κ2) is 7.26. The monoisotopic (exact) mass is 315 g/mol. The Balaban J connectivity index is 1.99. The summed E-state index contributed by atoms with van der Waals surface area (Å²) in [6.45, 7) is 1.71. The first-order chi connectivity index (χ1) is 11.0. The van der Waals surface area contributed by atoms with Gasteiger partial charge in [0.25, 0.3) is 11.6 Å². The Bertz CT molecular complexity index is 730. The number of hydrogen-bond acceptors (Lipinski definition) is 5. The predicted molar refractivity (Wildman–Crippen MR) is 82.5 cm³/mol.